The highest BCUT2D eigenvalue weighted by Gasteiger charge is 2.18. The first-order chi connectivity index (χ1) is 11.2. The van der Waals surface area contributed by atoms with E-state index in [0.29, 0.717) is 12.1 Å². The molecule has 2 aromatic rings. The number of amides is 1. The van der Waals surface area contributed by atoms with Crippen LogP contribution in [0.2, 0.25) is 5.02 Å². The summed E-state index contributed by atoms with van der Waals surface area (Å²) in [6.45, 7) is 4.57. The molecule has 23 heavy (non-hydrogen) atoms. The lowest BCUT2D eigenvalue weighted by Crippen LogP contribution is -2.47. The van der Waals surface area contributed by atoms with Crippen molar-refractivity contribution in [2.45, 2.75) is 6.42 Å². The molecule has 0 aliphatic carbocycles. The molecule has 1 saturated heterocycles. The number of rotatable bonds is 5. The molecule has 1 aliphatic rings. The van der Waals surface area contributed by atoms with Crippen molar-refractivity contribution < 1.29 is 4.79 Å². The third-order valence-electron chi connectivity index (χ3n) is 3.98. The molecule has 0 atom stereocenters. The topological polar surface area (TPSA) is 64.3 Å². The Morgan fingerprint density at radius 3 is 2.83 bits per heavy atom. The first kappa shape index (κ1) is 15.8. The molecule has 6 nitrogen and oxygen atoms in total. The molecule has 1 fully saturated rings. The minimum atomic E-state index is 0.0173. The van der Waals surface area contributed by atoms with Gasteiger partial charge in [-0.25, -0.2) is 0 Å². The molecule has 1 aliphatic heterocycles. The Balaban J connectivity index is 1.41. The van der Waals surface area contributed by atoms with Crippen LogP contribution in [0.4, 0.5) is 11.4 Å². The summed E-state index contributed by atoms with van der Waals surface area (Å²) in [6.07, 6.45) is 3.76. The van der Waals surface area contributed by atoms with E-state index in [4.69, 9.17) is 11.6 Å². The van der Waals surface area contributed by atoms with Crippen molar-refractivity contribution in [3.05, 3.63) is 41.7 Å². The fraction of sp³-hybridized carbons (Fsp3) is 0.375. The maximum atomic E-state index is 11.9. The number of anilines is 2. The Kier molecular flexibility index (Phi) is 5.15. The minimum absolute atomic E-state index is 0.0173. The Bertz CT molecular complexity index is 638. The van der Waals surface area contributed by atoms with Crippen molar-refractivity contribution in [1.29, 1.82) is 0 Å². The summed E-state index contributed by atoms with van der Waals surface area (Å²) < 4.78 is 0. The number of hydrogen-bond donors (Lipinski definition) is 2. The van der Waals surface area contributed by atoms with Crippen molar-refractivity contribution in [3.8, 4) is 0 Å². The molecule has 0 radical (unpaired) electrons. The van der Waals surface area contributed by atoms with E-state index in [2.05, 4.69) is 31.4 Å². The highest BCUT2D eigenvalue weighted by Crippen LogP contribution is 2.20. The van der Waals surface area contributed by atoms with Crippen LogP contribution >= 0.6 is 11.6 Å². The summed E-state index contributed by atoms with van der Waals surface area (Å²) in [5.74, 6) is 0.0173. The monoisotopic (exact) mass is 333 g/mol. The number of aromatic amines is 1. The van der Waals surface area contributed by atoms with Gasteiger partial charge in [-0.15, -0.1) is 0 Å². The minimum Gasteiger partial charge on any atom is -0.369 e. The normalized spacial score (nSPS) is 15.6. The van der Waals surface area contributed by atoms with Crippen LogP contribution in [0, 0.1) is 0 Å². The van der Waals surface area contributed by atoms with E-state index >= 15 is 0 Å². The number of halogens is 1. The zero-order valence-corrected chi connectivity index (χ0v) is 13.6. The lowest BCUT2D eigenvalue weighted by Gasteiger charge is -2.36. The zero-order chi connectivity index (χ0) is 16.1. The average molecular weight is 334 g/mol. The van der Waals surface area contributed by atoms with E-state index < -0.39 is 0 Å². The number of carbonyl (C=O) groups excluding carboxylic acids is 1. The van der Waals surface area contributed by atoms with Crippen molar-refractivity contribution in [3.63, 3.8) is 0 Å². The van der Waals surface area contributed by atoms with Gasteiger partial charge in [-0.1, -0.05) is 17.7 Å². The molecule has 1 aromatic carbocycles. The molecular formula is C16H20ClN5O. The highest BCUT2D eigenvalue weighted by molar-refractivity contribution is 6.30. The number of benzene rings is 1. The van der Waals surface area contributed by atoms with Gasteiger partial charge in [-0.05, 0) is 18.2 Å². The number of nitrogens with zero attached hydrogens (tertiary/aromatic N) is 3. The van der Waals surface area contributed by atoms with Gasteiger partial charge in [0.15, 0.2) is 0 Å². The molecule has 0 saturated carbocycles. The van der Waals surface area contributed by atoms with Crippen LogP contribution in [0.3, 0.4) is 0 Å². The van der Waals surface area contributed by atoms with Crippen molar-refractivity contribution in [1.82, 2.24) is 15.1 Å². The van der Waals surface area contributed by atoms with Crippen LogP contribution in [0.25, 0.3) is 0 Å². The largest absolute Gasteiger partial charge is 0.369 e. The maximum absolute atomic E-state index is 11.9. The predicted molar refractivity (Wildman–Crippen MR) is 91.9 cm³/mol. The van der Waals surface area contributed by atoms with Gasteiger partial charge in [0.1, 0.15) is 0 Å². The van der Waals surface area contributed by atoms with Crippen molar-refractivity contribution in [2.24, 2.45) is 0 Å². The van der Waals surface area contributed by atoms with Crippen molar-refractivity contribution in [2.75, 3.05) is 42.9 Å². The van der Waals surface area contributed by atoms with Gasteiger partial charge in [0.2, 0.25) is 5.91 Å². The highest BCUT2D eigenvalue weighted by atomic mass is 35.5. The van der Waals surface area contributed by atoms with Crippen LogP contribution in [0.5, 0.6) is 0 Å². The summed E-state index contributed by atoms with van der Waals surface area (Å²) in [6, 6.07) is 7.94. The lowest BCUT2D eigenvalue weighted by atomic mass is 10.2. The second kappa shape index (κ2) is 7.48. The Morgan fingerprint density at radius 1 is 1.30 bits per heavy atom. The first-order valence-corrected chi connectivity index (χ1v) is 8.10. The maximum Gasteiger partial charge on any atom is 0.225 e. The van der Waals surface area contributed by atoms with Gasteiger partial charge < -0.3 is 10.2 Å². The average Bonchev–Trinajstić information content (AvgIpc) is 3.06. The molecule has 0 unspecified atom stereocenters. The number of H-pyrrole nitrogens is 1. The number of aromatic nitrogens is 2. The Hall–Kier alpha value is -2.05. The van der Waals surface area contributed by atoms with Gasteiger partial charge in [0.05, 0.1) is 11.9 Å². The molecular weight excluding hydrogens is 314 g/mol. The van der Waals surface area contributed by atoms with Gasteiger partial charge in [0.25, 0.3) is 0 Å². The molecule has 7 heteroatoms. The fourth-order valence-electron chi connectivity index (χ4n) is 2.70. The molecule has 3 rings (SSSR count). The third kappa shape index (κ3) is 4.46. The Labute approximate surface area is 140 Å². The number of hydrogen-bond acceptors (Lipinski definition) is 4. The molecule has 1 amide bonds. The van der Waals surface area contributed by atoms with Crippen molar-refractivity contribution >= 4 is 28.9 Å². The van der Waals surface area contributed by atoms with Crippen LogP contribution in [0.15, 0.2) is 36.7 Å². The smallest absolute Gasteiger partial charge is 0.225 e. The summed E-state index contributed by atoms with van der Waals surface area (Å²) in [5.41, 5.74) is 1.87. The molecule has 2 N–H and O–H groups in total. The van der Waals surface area contributed by atoms with Crippen LogP contribution in [-0.2, 0) is 4.79 Å². The van der Waals surface area contributed by atoms with Crippen LogP contribution in [-0.4, -0.2) is 53.7 Å². The fourth-order valence-corrected chi connectivity index (χ4v) is 2.89. The lowest BCUT2D eigenvalue weighted by molar-refractivity contribution is -0.116. The molecule has 122 valence electrons. The van der Waals surface area contributed by atoms with E-state index in [9.17, 15) is 4.79 Å². The van der Waals surface area contributed by atoms with E-state index in [1.165, 1.54) is 0 Å². The number of piperazine rings is 1. The summed E-state index contributed by atoms with van der Waals surface area (Å²) >= 11 is 6.05. The second-order valence-corrected chi connectivity index (χ2v) is 6.03. The molecule has 2 heterocycles. The summed E-state index contributed by atoms with van der Waals surface area (Å²) in [7, 11) is 0. The third-order valence-corrected chi connectivity index (χ3v) is 4.22. The Morgan fingerprint density at radius 2 is 2.13 bits per heavy atom. The number of nitrogens with one attached hydrogen (secondary N) is 2. The second-order valence-electron chi connectivity index (χ2n) is 5.59. The molecule has 0 bridgehead atoms. The summed E-state index contributed by atoms with van der Waals surface area (Å²) in [4.78, 5) is 16.5. The van der Waals surface area contributed by atoms with Gasteiger partial charge in [0, 0.05) is 56.1 Å². The van der Waals surface area contributed by atoms with Gasteiger partial charge >= 0.3 is 0 Å². The van der Waals surface area contributed by atoms with E-state index in [0.717, 1.165) is 43.4 Å². The molecule has 0 spiro atoms. The van der Waals surface area contributed by atoms with Crippen LogP contribution in [0.1, 0.15) is 6.42 Å². The van der Waals surface area contributed by atoms with E-state index in [1.54, 1.807) is 12.4 Å². The quantitative estimate of drug-likeness (QED) is 0.880. The van der Waals surface area contributed by atoms with E-state index in [1.807, 2.05) is 18.2 Å². The summed E-state index contributed by atoms with van der Waals surface area (Å²) in [5, 5.41) is 10.1. The van der Waals surface area contributed by atoms with Crippen LogP contribution < -0.4 is 10.2 Å². The van der Waals surface area contributed by atoms with Gasteiger partial charge in [-0.3, -0.25) is 14.8 Å². The SMILES string of the molecule is O=C(CCN1CCN(c2cccc(Cl)c2)CC1)Nc1cn[nH]c1. The first-order valence-electron chi connectivity index (χ1n) is 7.72. The molecule has 1 aromatic heterocycles. The predicted octanol–water partition coefficient (Wildman–Crippen LogP) is 2.21. The standard InChI is InChI=1S/C16H20ClN5O/c17-13-2-1-3-15(10-13)22-8-6-21(7-9-22)5-4-16(23)20-14-11-18-19-12-14/h1-3,10-12H,4-9H2,(H,18,19)(H,20,23). The number of carbonyl (C=O) groups is 1. The zero-order valence-electron chi connectivity index (χ0n) is 12.8. The van der Waals surface area contributed by atoms with E-state index in [-0.39, 0.29) is 5.91 Å². The van der Waals surface area contributed by atoms with Gasteiger partial charge in [-0.2, -0.15) is 5.10 Å².